The van der Waals surface area contributed by atoms with E-state index < -0.39 is 11.4 Å². The molecule has 1 unspecified atom stereocenters. The molecule has 3 heterocycles. The second-order valence-electron chi connectivity index (χ2n) is 8.58. The number of hydrogen-bond acceptors (Lipinski definition) is 5. The molecule has 0 aliphatic carbocycles. The summed E-state index contributed by atoms with van der Waals surface area (Å²) in [5.41, 5.74) is 1.51. The Morgan fingerprint density at radius 1 is 1.22 bits per heavy atom. The van der Waals surface area contributed by atoms with E-state index in [1.54, 1.807) is 29.3 Å². The number of carbonyl (C=O) groups is 1. The van der Waals surface area contributed by atoms with Crippen molar-refractivity contribution in [3.8, 4) is 0 Å². The molecule has 32 heavy (non-hydrogen) atoms. The monoisotopic (exact) mass is 441 g/mol. The van der Waals surface area contributed by atoms with Gasteiger partial charge in [0.2, 0.25) is 5.91 Å². The van der Waals surface area contributed by atoms with Crippen LogP contribution >= 0.6 is 0 Å². The summed E-state index contributed by atoms with van der Waals surface area (Å²) in [5.74, 6) is 0.0704. The van der Waals surface area contributed by atoms with Crippen LogP contribution in [0.4, 0.5) is 10.2 Å². The Morgan fingerprint density at radius 2 is 2.00 bits per heavy atom. The van der Waals surface area contributed by atoms with Gasteiger partial charge in [-0.3, -0.25) is 13.9 Å². The van der Waals surface area contributed by atoms with Crippen LogP contribution in [0.5, 0.6) is 0 Å². The van der Waals surface area contributed by atoms with E-state index in [-0.39, 0.29) is 24.6 Å². The van der Waals surface area contributed by atoms with Gasteiger partial charge in [0.25, 0.3) is 0 Å². The average Bonchev–Trinajstić information content (AvgIpc) is 3.00. The molecule has 1 saturated heterocycles. The Morgan fingerprint density at radius 3 is 2.75 bits per heavy atom. The molecule has 1 atom stereocenters. The SMILES string of the molecule is Cn1c(=O)n(C)c2cc(CCC(=O)NCC3(O)CCCN(c4ccc(F)cn4)C3)ccc21. The van der Waals surface area contributed by atoms with Crippen molar-refractivity contribution in [1.82, 2.24) is 19.4 Å². The van der Waals surface area contributed by atoms with Crippen LogP contribution in [-0.4, -0.2) is 50.4 Å². The molecule has 3 aromatic rings. The minimum absolute atomic E-state index is 0.0829. The van der Waals surface area contributed by atoms with E-state index in [0.29, 0.717) is 25.2 Å². The van der Waals surface area contributed by atoms with Crippen LogP contribution in [-0.2, 0) is 25.3 Å². The number of pyridine rings is 1. The zero-order chi connectivity index (χ0) is 22.9. The van der Waals surface area contributed by atoms with Gasteiger partial charge in [-0.2, -0.15) is 0 Å². The number of aliphatic hydroxyl groups is 1. The van der Waals surface area contributed by atoms with Crippen molar-refractivity contribution in [2.45, 2.75) is 31.3 Å². The zero-order valence-corrected chi connectivity index (χ0v) is 18.3. The van der Waals surface area contributed by atoms with E-state index in [4.69, 9.17) is 0 Å². The summed E-state index contributed by atoms with van der Waals surface area (Å²) in [6.07, 6.45) is 3.31. The fraction of sp³-hybridized carbons (Fsp3) is 0.435. The molecule has 0 bridgehead atoms. The fourth-order valence-electron chi connectivity index (χ4n) is 4.32. The molecular weight excluding hydrogens is 413 g/mol. The highest BCUT2D eigenvalue weighted by Crippen LogP contribution is 2.24. The third kappa shape index (κ3) is 4.52. The minimum Gasteiger partial charge on any atom is -0.386 e. The molecule has 2 aromatic heterocycles. The number of benzene rings is 1. The number of aromatic nitrogens is 3. The summed E-state index contributed by atoms with van der Waals surface area (Å²) < 4.78 is 16.3. The number of piperidine rings is 1. The molecule has 4 rings (SSSR count). The van der Waals surface area contributed by atoms with E-state index in [2.05, 4.69) is 10.3 Å². The van der Waals surface area contributed by atoms with Crippen molar-refractivity contribution in [3.05, 3.63) is 58.4 Å². The Balaban J connectivity index is 1.32. The van der Waals surface area contributed by atoms with Crippen LogP contribution in [0.25, 0.3) is 11.0 Å². The second kappa shape index (κ2) is 8.74. The van der Waals surface area contributed by atoms with Crippen LogP contribution in [0.2, 0.25) is 0 Å². The molecule has 170 valence electrons. The molecule has 1 aromatic carbocycles. The average molecular weight is 442 g/mol. The molecule has 0 spiro atoms. The quantitative estimate of drug-likeness (QED) is 0.605. The van der Waals surface area contributed by atoms with E-state index in [0.717, 1.165) is 35.8 Å². The van der Waals surface area contributed by atoms with Gasteiger partial charge in [-0.15, -0.1) is 0 Å². The van der Waals surface area contributed by atoms with Gasteiger partial charge in [-0.05, 0) is 49.1 Å². The normalized spacial score (nSPS) is 18.8. The van der Waals surface area contributed by atoms with Gasteiger partial charge < -0.3 is 15.3 Å². The van der Waals surface area contributed by atoms with Crippen LogP contribution in [0.3, 0.4) is 0 Å². The number of amides is 1. The molecule has 2 N–H and O–H groups in total. The van der Waals surface area contributed by atoms with Gasteiger partial charge >= 0.3 is 5.69 Å². The number of carbonyl (C=O) groups excluding carboxylic acids is 1. The maximum atomic E-state index is 13.1. The van der Waals surface area contributed by atoms with Gasteiger partial charge in [-0.1, -0.05) is 6.07 Å². The Hall–Kier alpha value is -3.20. The second-order valence-corrected chi connectivity index (χ2v) is 8.58. The third-order valence-electron chi connectivity index (χ3n) is 6.18. The molecule has 1 amide bonds. The van der Waals surface area contributed by atoms with Crippen LogP contribution < -0.4 is 15.9 Å². The molecule has 9 heteroatoms. The Kier molecular flexibility index (Phi) is 6.01. The van der Waals surface area contributed by atoms with Gasteiger partial charge in [-0.25, -0.2) is 14.2 Å². The number of nitrogens with one attached hydrogen (secondary N) is 1. The highest BCUT2D eigenvalue weighted by atomic mass is 19.1. The summed E-state index contributed by atoms with van der Waals surface area (Å²) in [4.78, 5) is 30.5. The van der Waals surface area contributed by atoms with Crippen molar-refractivity contribution in [1.29, 1.82) is 0 Å². The maximum Gasteiger partial charge on any atom is 0.328 e. The first-order chi connectivity index (χ1) is 15.3. The lowest BCUT2D eigenvalue weighted by Crippen LogP contribution is -2.54. The number of hydrogen-bond donors (Lipinski definition) is 2. The van der Waals surface area contributed by atoms with E-state index in [1.165, 1.54) is 6.07 Å². The number of β-amino-alcohol motifs (C(OH)–C–C–N with tert-alkyl or cyclic N) is 1. The summed E-state index contributed by atoms with van der Waals surface area (Å²) in [6.45, 7) is 1.19. The Bertz CT molecular complexity index is 1190. The highest BCUT2D eigenvalue weighted by Gasteiger charge is 2.34. The number of fused-ring (bicyclic) bond motifs is 1. The molecule has 1 fully saturated rings. The van der Waals surface area contributed by atoms with Crippen LogP contribution in [0, 0.1) is 5.82 Å². The van der Waals surface area contributed by atoms with Gasteiger partial charge in [0.05, 0.1) is 22.8 Å². The largest absolute Gasteiger partial charge is 0.386 e. The number of halogens is 1. The predicted molar refractivity (Wildman–Crippen MR) is 120 cm³/mol. The number of anilines is 1. The number of nitrogens with zero attached hydrogens (tertiary/aromatic N) is 4. The van der Waals surface area contributed by atoms with E-state index in [9.17, 15) is 19.1 Å². The van der Waals surface area contributed by atoms with Gasteiger partial charge in [0, 0.05) is 40.2 Å². The maximum absolute atomic E-state index is 13.1. The van der Waals surface area contributed by atoms with Crippen molar-refractivity contribution >= 4 is 22.8 Å². The lowest BCUT2D eigenvalue weighted by molar-refractivity contribution is -0.122. The van der Waals surface area contributed by atoms with Crippen molar-refractivity contribution in [3.63, 3.8) is 0 Å². The summed E-state index contributed by atoms with van der Waals surface area (Å²) >= 11 is 0. The molecule has 1 aliphatic heterocycles. The first-order valence-corrected chi connectivity index (χ1v) is 10.8. The molecule has 0 radical (unpaired) electrons. The first kappa shape index (κ1) is 22.0. The smallest absolute Gasteiger partial charge is 0.328 e. The molecule has 0 saturated carbocycles. The van der Waals surface area contributed by atoms with Gasteiger partial charge in [0.1, 0.15) is 11.6 Å². The lowest BCUT2D eigenvalue weighted by Gasteiger charge is -2.39. The zero-order valence-electron chi connectivity index (χ0n) is 18.3. The number of rotatable bonds is 6. The highest BCUT2D eigenvalue weighted by molar-refractivity contribution is 5.78. The Labute approximate surface area is 185 Å². The first-order valence-electron chi connectivity index (χ1n) is 10.8. The summed E-state index contributed by atoms with van der Waals surface area (Å²) in [7, 11) is 3.47. The van der Waals surface area contributed by atoms with E-state index in [1.807, 2.05) is 23.1 Å². The predicted octanol–water partition coefficient (Wildman–Crippen LogP) is 1.49. The van der Waals surface area contributed by atoms with Crippen LogP contribution in [0.1, 0.15) is 24.8 Å². The van der Waals surface area contributed by atoms with Gasteiger partial charge in [0.15, 0.2) is 0 Å². The fourth-order valence-corrected chi connectivity index (χ4v) is 4.32. The van der Waals surface area contributed by atoms with Crippen molar-refractivity contribution in [2.75, 3.05) is 24.5 Å². The molecule has 1 aliphatic rings. The summed E-state index contributed by atoms with van der Waals surface area (Å²) in [6, 6.07) is 8.71. The van der Waals surface area contributed by atoms with Crippen molar-refractivity contribution < 1.29 is 14.3 Å². The lowest BCUT2D eigenvalue weighted by atomic mass is 9.92. The number of aryl methyl sites for hydroxylation is 3. The molecule has 8 nitrogen and oxygen atoms in total. The van der Waals surface area contributed by atoms with Crippen LogP contribution in [0.15, 0.2) is 41.3 Å². The topological polar surface area (TPSA) is 92.4 Å². The third-order valence-corrected chi connectivity index (χ3v) is 6.18. The standard InChI is InChI=1S/C23H28FN5O3/c1-27-18-7-4-16(12-19(18)28(2)22(27)31)5-9-21(30)26-14-23(32)10-3-11-29(15-23)20-8-6-17(24)13-25-20/h4,6-8,12-13,32H,3,5,9-11,14-15H2,1-2H3,(H,26,30). The van der Waals surface area contributed by atoms with Crippen molar-refractivity contribution in [2.24, 2.45) is 14.1 Å². The number of imidazole rings is 1. The molecular formula is C23H28FN5O3. The van der Waals surface area contributed by atoms with E-state index >= 15 is 0 Å². The minimum atomic E-state index is -1.06. The summed E-state index contributed by atoms with van der Waals surface area (Å²) in [5, 5.41) is 13.8.